The van der Waals surface area contributed by atoms with Gasteiger partial charge >= 0.3 is 6.18 Å². The van der Waals surface area contributed by atoms with Gasteiger partial charge in [-0.3, -0.25) is 0 Å². The molecule has 1 aliphatic heterocycles. The van der Waals surface area contributed by atoms with Crippen LogP contribution in [-0.2, 0) is 11.3 Å². The minimum atomic E-state index is -4.20. The molecule has 1 aromatic carbocycles. The summed E-state index contributed by atoms with van der Waals surface area (Å²) in [6.45, 7) is 0.549. The van der Waals surface area contributed by atoms with Crippen molar-refractivity contribution in [1.29, 1.82) is 0 Å². The standard InChI is InChI=1S/C15H17F3N2O/c16-15(17,18)10-20-6-3-11-9-13(1-2-14(11)20)19-12-4-7-21-8-5-12/h1-3,6,9,12,19H,4-5,7-8,10H2. The summed E-state index contributed by atoms with van der Waals surface area (Å²) >= 11 is 0. The van der Waals surface area contributed by atoms with Crippen molar-refractivity contribution >= 4 is 16.6 Å². The number of aromatic nitrogens is 1. The second-order valence-corrected chi connectivity index (χ2v) is 5.36. The molecule has 1 saturated heterocycles. The van der Waals surface area contributed by atoms with E-state index in [4.69, 9.17) is 4.74 Å². The Labute approximate surface area is 120 Å². The maximum atomic E-state index is 12.5. The van der Waals surface area contributed by atoms with Crippen LogP contribution in [0.25, 0.3) is 10.9 Å². The van der Waals surface area contributed by atoms with Crippen LogP contribution in [0.15, 0.2) is 30.5 Å². The fraction of sp³-hybridized carbons (Fsp3) is 0.467. The highest BCUT2D eigenvalue weighted by Crippen LogP contribution is 2.25. The normalized spacial score (nSPS) is 17.3. The molecule has 114 valence electrons. The third-order valence-electron chi connectivity index (χ3n) is 3.71. The number of nitrogens with one attached hydrogen (secondary N) is 1. The lowest BCUT2D eigenvalue weighted by molar-refractivity contribution is -0.139. The van der Waals surface area contributed by atoms with E-state index in [-0.39, 0.29) is 0 Å². The monoisotopic (exact) mass is 298 g/mol. The number of hydrogen-bond acceptors (Lipinski definition) is 2. The van der Waals surface area contributed by atoms with Crippen molar-refractivity contribution in [2.45, 2.75) is 31.6 Å². The predicted molar refractivity (Wildman–Crippen MR) is 75.5 cm³/mol. The van der Waals surface area contributed by atoms with E-state index in [1.54, 1.807) is 12.1 Å². The topological polar surface area (TPSA) is 26.2 Å². The third-order valence-corrected chi connectivity index (χ3v) is 3.71. The van der Waals surface area contributed by atoms with Gasteiger partial charge in [0.1, 0.15) is 6.54 Å². The van der Waals surface area contributed by atoms with Crippen LogP contribution in [0.3, 0.4) is 0 Å². The van der Waals surface area contributed by atoms with Crippen LogP contribution in [0.2, 0.25) is 0 Å². The van der Waals surface area contributed by atoms with Gasteiger partial charge in [0, 0.05) is 42.0 Å². The van der Waals surface area contributed by atoms with E-state index in [9.17, 15) is 13.2 Å². The van der Waals surface area contributed by atoms with Crippen LogP contribution in [0, 0.1) is 0 Å². The zero-order valence-electron chi connectivity index (χ0n) is 11.5. The van der Waals surface area contributed by atoms with Gasteiger partial charge < -0.3 is 14.6 Å². The molecule has 0 atom stereocenters. The van der Waals surface area contributed by atoms with Crippen molar-refractivity contribution in [2.75, 3.05) is 18.5 Å². The number of rotatable bonds is 3. The van der Waals surface area contributed by atoms with Crippen LogP contribution in [0.1, 0.15) is 12.8 Å². The van der Waals surface area contributed by atoms with Gasteiger partial charge in [-0.25, -0.2) is 0 Å². The Morgan fingerprint density at radius 2 is 1.95 bits per heavy atom. The molecule has 0 spiro atoms. The number of benzene rings is 1. The Hall–Kier alpha value is -1.69. The van der Waals surface area contributed by atoms with Crippen LogP contribution in [0.4, 0.5) is 18.9 Å². The molecular formula is C15H17F3N2O. The summed E-state index contributed by atoms with van der Waals surface area (Å²) in [7, 11) is 0. The van der Waals surface area contributed by atoms with E-state index >= 15 is 0 Å². The molecule has 1 fully saturated rings. The number of alkyl halides is 3. The Balaban J connectivity index is 1.78. The van der Waals surface area contributed by atoms with E-state index in [2.05, 4.69) is 5.32 Å². The average Bonchev–Trinajstić information content (AvgIpc) is 2.80. The average molecular weight is 298 g/mol. The first-order valence-corrected chi connectivity index (χ1v) is 7.01. The van der Waals surface area contributed by atoms with Crippen molar-refractivity contribution in [2.24, 2.45) is 0 Å². The molecule has 6 heteroatoms. The maximum Gasteiger partial charge on any atom is 0.406 e. The fourth-order valence-electron chi connectivity index (χ4n) is 2.70. The van der Waals surface area contributed by atoms with Gasteiger partial charge in [0.15, 0.2) is 0 Å². The summed E-state index contributed by atoms with van der Waals surface area (Å²) in [6, 6.07) is 7.56. The van der Waals surface area contributed by atoms with Crippen molar-refractivity contribution in [3.63, 3.8) is 0 Å². The molecule has 0 radical (unpaired) electrons. The summed E-state index contributed by atoms with van der Waals surface area (Å²) in [6.07, 6.45) is -0.818. The Kier molecular flexibility index (Phi) is 3.80. The van der Waals surface area contributed by atoms with E-state index in [0.717, 1.165) is 37.1 Å². The number of nitrogens with zero attached hydrogens (tertiary/aromatic N) is 1. The van der Waals surface area contributed by atoms with E-state index in [0.29, 0.717) is 11.6 Å². The molecule has 0 unspecified atom stereocenters. The molecular weight excluding hydrogens is 281 g/mol. The highest BCUT2D eigenvalue weighted by atomic mass is 19.4. The van der Waals surface area contributed by atoms with Crippen molar-refractivity contribution < 1.29 is 17.9 Å². The van der Waals surface area contributed by atoms with Crippen LogP contribution in [0.5, 0.6) is 0 Å². The zero-order valence-corrected chi connectivity index (χ0v) is 11.5. The molecule has 1 aliphatic rings. The second kappa shape index (κ2) is 5.60. The predicted octanol–water partition coefficient (Wildman–Crippen LogP) is 3.79. The van der Waals surface area contributed by atoms with Crippen LogP contribution in [-0.4, -0.2) is 30.0 Å². The smallest absolute Gasteiger partial charge is 0.382 e. The first kappa shape index (κ1) is 14.3. The lowest BCUT2D eigenvalue weighted by Crippen LogP contribution is -2.27. The number of ether oxygens (including phenoxy) is 1. The van der Waals surface area contributed by atoms with Crippen LogP contribution >= 0.6 is 0 Å². The summed E-state index contributed by atoms with van der Waals surface area (Å²) in [5, 5.41) is 4.24. The zero-order chi connectivity index (χ0) is 14.9. The molecule has 0 aliphatic carbocycles. The molecule has 1 aromatic heterocycles. The van der Waals surface area contributed by atoms with Gasteiger partial charge in [0.05, 0.1) is 0 Å². The van der Waals surface area contributed by atoms with Crippen molar-refractivity contribution in [3.8, 4) is 0 Å². The molecule has 0 saturated carbocycles. The summed E-state index contributed by atoms with van der Waals surface area (Å²) in [4.78, 5) is 0. The van der Waals surface area contributed by atoms with Crippen molar-refractivity contribution in [1.82, 2.24) is 4.57 Å². The number of fused-ring (bicyclic) bond motifs is 1. The second-order valence-electron chi connectivity index (χ2n) is 5.36. The Morgan fingerprint density at radius 3 is 2.67 bits per heavy atom. The first-order valence-electron chi connectivity index (χ1n) is 7.01. The van der Waals surface area contributed by atoms with Gasteiger partial charge in [-0.2, -0.15) is 13.2 Å². The number of hydrogen-bond donors (Lipinski definition) is 1. The summed E-state index contributed by atoms with van der Waals surface area (Å²) in [5.74, 6) is 0. The quantitative estimate of drug-likeness (QED) is 0.933. The van der Waals surface area contributed by atoms with Gasteiger partial charge in [-0.1, -0.05) is 0 Å². The molecule has 2 aromatic rings. The largest absolute Gasteiger partial charge is 0.406 e. The molecule has 21 heavy (non-hydrogen) atoms. The minimum absolute atomic E-state index is 0.369. The van der Waals surface area contributed by atoms with E-state index in [1.807, 2.05) is 12.1 Å². The number of anilines is 1. The minimum Gasteiger partial charge on any atom is -0.382 e. The highest BCUT2D eigenvalue weighted by molar-refractivity contribution is 5.83. The maximum absolute atomic E-state index is 12.5. The molecule has 1 N–H and O–H groups in total. The third kappa shape index (κ3) is 3.50. The van der Waals surface area contributed by atoms with Crippen LogP contribution < -0.4 is 5.32 Å². The SMILES string of the molecule is FC(F)(F)Cn1ccc2cc(NC3CCOCC3)ccc21. The van der Waals surface area contributed by atoms with Gasteiger partial charge in [0.2, 0.25) is 0 Å². The number of halogens is 3. The van der Waals surface area contributed by atoms with Gasteiger partial charge in [-0.15, -0.1) is 0 Å². The van der Waals surface area contributed by atoms with E-state index in [1.165, 1.54) is 10.8 Å². The summed E-state index contributed by atoms with van der Waals surface area (Å²) < 4.78 is 44.0. The lowest BCUT2D eigenvalue weighted by Gasteiger charge is -2.24. The van der Waals surface area contributed by atoms with Gasteiger partial charge in [0.25, 0.3) is 0 Å². The highest BCUT2D eigenvalue weighted by Gasteiger charge is 2.28. The molecule has 3 rings (SSSR count). The molecule has 3 nitrogen and oxygen atoms in total. The van der Waals surface area contributed by atoms with Gasteiger partial charge in [-0.05, 0) is 37.1 Å². The first-order chi connectivity index (χ1) is 10.0. The molecule has 0 bridgehead atoms. The van der Waals surface area contributed by atoms with E-state index < -0.39 is 12.7 Å². The fourth-order valence-corrected chi connectivity index (χ4v) is 2.70. The molecule has 0 amide bonds. The molecule has 2 heterocycles. The Bertz CT molecular complexity index is 615. The summed E-state index contributed by atoms with van der Waals surface area (Å²) in [5.41, 5.74) is 1.55. The Morgan fingerprint density at radius 1 is 1.19 bits per heavy atom. The van der Waals surface area contributed by atoms with Crippen molar-refractivity contribution in [3.05, 3.63) is 30.5 Å². The lowest BCUT2D eigenvalue weighted by atomic mass is 10.1.